The van der Waals surface area contributed by atoms with Crippen LogP contribution in [0.25, 0.3) is 0 Å². The van der Waals surface area contributed by atoms with E-state index in [1.54, 1.807) is 6.07 Å². The number of carbonyl (C=O) groups is 5. The molecular formula is C33H39NO12S. The summed E-state index contributed by atoms with van der Waals surface area (Å²) in [5.74, 6) is -2.03. The Balaban J connectivity index is 1.40. The lowest BCUT2D eigenvalue weighted by Gasteiger charge is -2.57. The quantitative estimate of drug-likeness (QED) is 0.172. The largest absolute Gasteiger partial charge is 0.484 e. The molecule has 2 fully saturated rings. The van der Waals surface area contributed by atoms with Crippen molar-refractivity contribution in [3.63, 3.8) is 0 Å². The number of ether oxygens (including phenoxy) is 7. The van der Waals surface area contributed by atoms with E-state index < -0.39 is 71.2 Å². The molecule has 0 radical (unpaired) electrons. The second kappa shape index (κ2) is 12.8. The van der Waals surface area contributed by atoms with Crippen LogP contribution in [-0.2, 0) is 59.5 Å². The highest BCUT2D eigenvalue weighted by atomic mass is 32.2. The standard InChI is InChI=1S/C33H39NO12S/c1-15(35)40-14-24-28(42-17(3)37)29(43-18(4)38)30(44-19(5)39)32(45-24)47-25-10-8-21-22-13-20-7-9-23(41-16(2)36)27-26(20)33(21,31(25)46-27)11-12-34(22)6/h7-10,21-22,24-25,28-32H,11-14H2,1-6H3/t21?,22?,24-,25?,28-,29+,30-,31?,32?,33?/m1/s1. The van der Waals surface area contributed by atoms with Gasteiger partial charge in [-0.1, -0.05) is 18.2 Å². The Labute approximate surface area is 276 Å². The number of likely N-dealkylation sites (tertiary alicyclic amines) is 1. The van der Waals surface area contributed by atoms with Crippen molar-refractivity contribution in [2.45, 2.75) is 100 Å². The van der Waals surface area contributed by atoms with Crippen LogP contribution in [0.3, 0.4) is 0 Å². The average molecular weight is 674 g/mol. The molecule has 1 aromatic rings. The molecule has 0 N–H and O–H groups in total. The van der Waals surface area contributed by atoms with Gasteiger partial charge < -0.3 is 38.1 Å². The van der Waals surface area contributed by atoms with Crippen LogP contribution in [0.15, 0.2) is 24.3 Å². The number of rotatable bonds is 8. The first kappa shape index (κ1) is 33.3. The molecule has 0 saturated carbocycles. The Bertz CT molecular complexity index is 1510. The SMILES string of the molecule is CC(=O)OC[C@H]1OC(SC2C=CC3C4Cc5ccc(OC(C)=O)c6c5C3(CCN4C)C2O6)[C@H](OC(C)=O)[C@@H](OC(C)=O)[C@@H]1OC(C)=O. The molecule has 10 atom stereocenters. The van der Waals surface area contributed by atoms with E-state index in [1.165, 1.54) is 46.4 Å². The van der Waals surface area contributed by atoms with Gasteiger partial charge in [0.2, 0.25) is 0 Å². The first-order valence-electron chi connectivity index (χ1n) is 15.7. The van der Waals surface area contributed by atoms with Crippen molar-refractivity contribution in [3.8, 4) is 11.5 Å². The van der Waals surface area contributed by atoms with Crippen molar-refractivity contribution in [1.29, 1.82) is 0 Å². The molecule has 2 saturated heterocycles. The molecule has 14 heteroatoms. The van der Waals surface area contributed by atoms with Crippen molar-refractivity contribution in [2.24, 2.45) is 5.92 Å². The summed E-state index contributed by atoms with van der Waals surface area (Å²) in [6, 6.07) is 4.04. The zero-order valence-corrected chi connectivity index (χ0v) is 27.9. The minimum atomic E-state index is -1.27. The molecule has 13 nitrogen and oxygen atoms in total. The van der Waals surface area contributed by atoms with E-state index in [0.29, 0.717) is 11.5 Å². The summed E-state index contributed by atoms with van der Waals surface area (Å²) in [4.78, 5) is 63.2. The lowest BCUT2D eigenvalue weighted by Crippen LogP contribution is -2.65. The molecule has 47 heavy (non-hydrogen) atoms. The van der Waals surface area contributed by atoms with Gasteiger partial charge in [0.25, 0.3) is 0 Å². The molecule has 6 unspecified atom stereocenters. The summed E-state index contributed by atoms with van der Waals surface area (Å²) in [6.45, 7) is 6.71. The molecule has 1 aromatic carbocycles. The number of likely N-dealkylation sites (N-methyl/N-ethyl adjacent to an activating group) is 1. The summed E-state index contributed by atoms with van der Waals surface area (Å²) in [5, 5.41) is -0.375. The van der Waals surface area contributed by atoms with Crippen LogP contribution < -0.4 is 9.47 Å². The molecule has 2 aliphatic carbocycles. The highest BCUT2D eigenvalue weighted by molar-refractivity contribution is 8.00. The number of hydrogen-bond acceptors (Lipinski definition) is 14. The van der Waals surface area contributed by atoms with E-state index in [4.69, 9.17) is 33.2 Å². The number of esters is 5. The minimum Gasteiger partial charge on any atom is -0.484 e. The predicted octanol–water partition coefficient (Wildman–Crippen LogP) is 2.24. The average Bonchev–Trinajstić information content (AvgIpc) is 3.33. The maximum atomic E-state index is 12.4. The maximum Gasteiger partial charge on any atom is 0.308 e. The van der Waals surface area contributed by atoms with E-state index in [-0.39, 0.29) is 23.8 Å². The maximum absolute atomic E-state index is 12.4. The zero-order valence-electron chi connectivity index (χ0n) is 27.1. The lowest BCUT2D eigenvalue weighted by atomic mass is 9.53. The third kappa shape index (κ3) is 5.99. The molecule has 6 rings (SSSR count). The number of carbonyl (C=O) groups excluding carboxylic acids is 5. The Morgan fingerprint density at radius 1 is 0.894 bits per heavy atom. The smallest absolute Gasteiger partial charge is 0.308 e. The summed E-state index contributed by atoms with van der Waals surface area (Å²) >= 11 is 1.32. The third-order valence-electron chi connectivity index (χ3n) is 9.61. The normalized spacial score (nSPS) is 34.7. The van der Waals surface area contributed by atoms with Gasteiger partial charge in [0.15, 0.2) is 29.8 Å². The molecule has 1 spiro atoms. The number of thioether (sulfide) groups is 1. The first-order valence-corrected chi connectivity index (χ1v) is 16.6. The fraction of sp³-hybridized carbons (Fsp3) is 0.606. The van der Waals surface area contributed by atoms with Gasteiger partial charge in [-0.05, 0) is 38.1 Å². The molecule has 0 aromatic heterocycles. The Hall–Kier alpha value is -3.62. The van der Waals surface area contributed by atoms with Crippen LogP contribution in [0.1, 0.15) is 52.2 Å². The van der Waals surface area contributed by atoms with Gasteiger partial charge in [-0.2, -0.15) is 0 Å². The highest BCUT2D eigenvalue weighted by Crippen LogP contribution is 2.64. The topological polar surface area (TPSA) is 153 Å². The van der Waals surface area contributed by atoms with Crippen molar-refractivity contribution < 1.29 is 57.1 Å². The summed E-state index contributed by atoms with van der Waals surface area (Å²) in [6.07, 6.45) is 0.726. The van der Waals surface area contributed by atoms with Crippen molar-refractivity contribution >= 4 is 41.6 Å². The predicted molar refractivity (Wildman–Crippen MR) is 165 cm³/mol. The van der Waals surface area contributed by atoms with Crippen LogP contribution in [0, 0.1) is 5.92 Å². The van der Waals surface area contributed by atoms with E-state index in [1.807, 2.05) is 6.07 Å². The van der Waals surface area contributed by atoms with Crippen molar-refractivity contribution in [1.82, 2.24) is 4.90 Å². The molecule has 254 valence electrons. The number of benzene rings is 1. The van der Waals surface area contributed by atoms with E-state index in [0.717, 1.165) is 30.5 Å². The Morgan fingerprint density at radius 2 is 1.57 bits per heavy atom. The number of nitrogens with zero attached hydrogens (tertiary/aromatic N) is 1. The fourth-order valence-corrected chi connectivity index (χ4v) is 9.52. The molecule has 3 aliphatic heterocycles. The van der Waals surface area contributed by atoms with Crippen LogP contribution in [0.4, 0.5) is 0 Å². The Kier molecular flexibility index (Phi) is 9.05. The summed E-state index contributed by atoms with van der Waals surface area (Å²) < 4.78 is 41.1. The monoisotopic (exact) mass is 673 g/mol. The van der Waals surface area contributed by atoms with E-state index in [9.17, 15) is 24.0 Å². The second-order valence-corrected chi connectivity index (χ2v) is 14.0. The third-order valence-corrected chi connectivity index (χ3v) is 11.0. The van der Waals surface area contributed by atoms with Gasteiger partial charge in [-0.15, -0.1) is 11.8 Å². The van der Waals surface area contributed by atoms with Crippen molar-refractivity contribution in [2.75, 3.05) is 20.2 Å². The summed E-state index contributed by atoms with van der Waals surface area (Å²) in [7, 11) is 2.13. The van der Waals surface area contributed by atoms with Gasteiger partial charge >= 0.3 is 29.8 Å². The number of piperidine rings is 1. The molecule has 3 heterocycles. The van der Waals surface area contributed by atoms with Gasteiger partial charge in [-0.25, -0.2) is 0 Å². The van der Waals surface area contributed by atoms with Gasteiger partial charge in [-0.3, -0.25) is 24.0 Å². The minimum absolute atomic E-state index is 0.125. The molecule has 2 bridgehead atoms. The molecule has 0 amide bonds. The van der Waals surface area contributed by atoms with E-state index in [2.05, 4.69) is 24.1 Å². The van der Waals surface area contributed by atoms with Gasteiger partial charge in [0.05, 0.1) is 5.25 Å². The molecule has 5 aliphatic rings. The van der Waals surface area contributed by atoms with Crippen LogP contribution in [0.5, 0.6) is 11.5 Å². The highest BCUT2D eigenvalue weighted by Gasteiger charge is 2.65. The van der Waals surface area contributed by atoms with Crippen LogP contribution >= 0.6 is 11.8 Å². The van der Waals surface area contributed by atoms with E-state index >= 15 is 0 Å². The van der Waals surface area contributed by atoms with Gasteiger partial charge in [0, 0.05) is 57.6 Å². The summed E-state index contributed by atoms with van der Waals surface area (Å²) in [5.41, 5.74) is 0.814. The molecular weight excluding hydrogens is 634 g/mol. The van der Waals surface area contributed by atoms with Crippen LogP contribution in [-0.4, -0.2) is 102 Å². The number of hydrogen-bond donors (Lipinski definition) is 0. The zero-order chi connectivity index (χ0) is 33.8. The van der Waals surface area contributed by atoms with Crippen molar-refractivity contribution in [3.05, 3.63) is 35.4 Å². The first-order chi connectivity index (χ1) is 22.3. The lowest BCUT2D eigenvalue weighted by molar-refractivity contribution is -0.237. The fourth-order valence-electron chi connectivity index (χ4n) is 8.01. The Morgan fingerprint density at radius 3 is 2.23 bits per heavy atom. The second-order valence-electron chi connectivity index (χ2n) is 12.7. The van der Waals surface area contributed by atoms with Crippen LogP contribution in [0.2, 0.25) is 0 Å². The van der Waals surface area contributed by atoms with Gasteiger partial charge in [0.1, 0.15) is 24.3 Å².